The highest BCUT2D eigenvalue weighted by Crippen LogP contribution is 2.53. The number of hydrogen-bond acceptors (Lipinski definition) is 3. The normalized spacial score (nSPS) is 23.3. The van der Waals surface area contributed by atoms with Crippen molar-refractivity contribution in [2.45, 2.75) is 37.8 Å². The van der Waals surface area contributed by atoms with Crippen LogP contribution in [0.2, 0.25) is 10.0 Å². The van der Waals surface area contributed by atoms with Crippen LogP contribution in [0.3, 0.4) is 0 Å². The van der Waals surface area contributed by atoms with Gasteiger partial charge in [0.1, 0.15) is 0 Å². The van der Waals surface area contributed by atoms with Crippen molar-refractivity contribution in [3.63, 3.8) is 0 Å². The Morgan fingerprint density at radius 3 is 2.27 bits per heavy atom. The summed E-state index contributed by atoms with van der Waals surface area (Å²) in [4.78, 5) is 16.7. The van der Waals surface area contributed by atoms with Crippen molar-refractivity contribution >= 4 is 44.8 Å². The third kappa shape index (κ3) is 6.25. The average Bonchev–Trinajstić information content (AvgIpc) is 3.77. The lowest BCUT2D eigenvalue weighted by molar-refractivity contribution is -0.154. The zero-order valence-corrected chi connectivity index (χ0v) is 25.5. The number of benzene rings is 3. The van der Waals surface area contributed by atoms with Crippen LogP contribution in [0.15, 0.2) is 104 Å². The van der Waals surface area contributed by atoms with E-state index in [-0.39, 0.29) is 30.3 Å². The van der Waals surface area contributed by atoms with Gasteiger partial charge in [-0.05, 0) is 60.4 Å². The van der Waals surface area contributed by atoms with Gasteiger partial charge in [-0.3, -0.25) is 9.10 Å². The molecule has 0 N–H and O–H groups in total. The van der Waals surface area contributed by atoms with Gasteiger partial charge in [0, 0.05) is 21.9 Å². The third-order valence-corrected chi connectivity index (χ3v) is 9.85. The maximum Gasteiger partial charge on any atom is 0.232 e. The first-order chi connectivity index (χ1) is 19.5. The van der Waals surface area contributed by atoms with Crippen molar-refractivity contribution in [2.75, 3.05) is 17.1 Å². The number of likely N-dealkylation sites (tertiary alicyclic amines) is 1. The largest absolute Gasteiger partial charge is 0.329 e. The van der Waals surface area contributed by atoms with E-state index in [0.717, 1.165) is 11.1 Å². The Labute approximate surface area is 253 Å². The summed E-state index contributed by atoms with van der Waals surface area (Å²) in [6.07, 6.45) is 8.16. The number of amides is 1. The molecule has 0 radical (unpaired) electrons. The van der Waals surface area contributed by atoms with Gasteiger partial charge in [-0.1, -0.05) is 90.8 Å². The quantitative estimate of drug-likeness (QED) is 0.222. The second-order valence-electron chi connectivity index (χ2n) is 11.3. The molecule has 5 nitrogen and oxygen atoms in total. The van der Waals surface area contributed by atoms with Gasteiger partial charge >= 0.3 is 0 Å². The minimum atomic E-state index is -3.66. The van der Waals surface area contributed by atoms with E-state index in [2.05, 4.69) is 12.6 Å². The highest BCUT2D eigenvalue weighted by Gasteiger charge is 2.53. The predicted octanol–water partition coefficient (Wildman–Crippen LogP) is 7.65. The SMILES string of the molecule is C=CC[C@@]1(C)CC(c2cccc(Cl)c2)C(c2ccc(Cl)cc2)N([C@H](CN(c2ccccc2)S(C)(=O)=O)C2C=C2)C1=O. The Hall–Kier alpha value is -3.06. The molecule has 2 aliphatic rings. The van der Waals surface area contributed by atoms with E-state index in [9.17, 15) is 13.2 Å². The number of piperidine rings is 1. The summed E-state index contributed by atoms with van der Waals surface area (Å²) < 4.78 is 27.8. The van der Waals surface area contributed by atoms with E-state index in [1.807, 2.05) is 84.6 Å². The third-order valence-electron chi connectivity index (χ3n) is 8.20. The highest BCUT2D eigenvalue weighted by molar-refractivity contribution is 7.92. The number of rotatable bonds is 10. The molecule has 41 heavy (non-hydrogen) atoms. The summed E-state index contributed by atoms with van der Waals surface area (Å²) >= 11 is 12.8. The van der Waals surface area contributed by atoms with Crippen molar-refractivity contribution in [3.05, 3.63) is 125 Å². The number of carbonyl (C=O) groups excluding carboxylic acids is 1. The van der Waals surface area contributed by atoms with Crippen molar-refractivity contribution < 1.29 is 13.2 Å². The lowest BCUT2D eigenvalue weighted by atomic mass is 9.67. The fourth-order valence-electron chi connectivity index (χ4n) is 6.16. The molecule has 5 rings (SSSR count). The Bertz CT molecular complexity index is 1550. The molecule has 0 saturated carbocycles. The molecular weight excluding hydrogens is 575 g/mol. The van der Waals surface area contributed by atoms with Gasteiger partial charge in [0.05, 0.1) is 36.0 Å². The molecule has 1 saturated heterocycles. The van der Waals surface area contributed by atoms with Crippen LogP contribution >= 0.6 is 23.2 Å². The minimum Gasteiger partial charge on any atom is -0.329 e. The van der Waals surface area contributed by atoms with E-state index in [0.29, 0.717) is 28.6 Å². The second-order valence-corrected chi connectivity index (χ2v) is 14.1. The Balaban J connectivity index is 1.69. The van der Waals surface area contributed by atoms with Crippen molar-refractivity contribution in [1.29, 1.82) is 0 Å². The lowest BCUT2D eigenvalue weighted by Gasteiger charge is -2.52. The summed E-state index contributed by atoms with van der Waals surface area (Å²) in [5.74, 6) is -0.189. The summed E-state index contributed by atoms with van der Waals surface area (Å²) in [6, 6.07) is 23.6. The molecule has 1 amide bonds. The van der Waals surface area contributed by atoms with Crippen LogP contribution in [0.4, 0.5) is 5.69 Å². The van der Waals surface area contributed by atoms with E-state index in [1.165, 1.54) is 10.6 Å². The number of sulfonamides is 1. The van der Waals surface area contributed by atoms with Gasteiger partial charge in [0.15, 0.2) is 0 Å². The molecule has 8 heteroatoms. The van der Waals surface area contributed by atoms with Gasteiger partial charge in [-0.15, -0.1) is 6.58 Å². The first-order valence-electron chi connectivity index (χ1n) is 13.7. The Morgan fingerprint density at radius 2 is 1.68 bits per heavy atom. The molecule has 0 aromatic heterocycles. The monoisotopic (exact) mass is 608 g/mol. The summed E-state index contributed by atoms with van der Waals surface area (Å²) in [7, 11) is -3.66. The van der Waals surface area contributed by atoms with E-state index >= 15 is 0 Å². The van der Waals surface area contributed by atoms with Crippen molar-refractivity contribution in [3.8, 4) is 0 Å². The fourth-order valence-corrected chi connectivity index (χ4v) is 7.42. The number of para-hydroxylation sites is 1. The minimum absolute atomic E-state index is 0.0177. The van der Waals surface area contributed by atoms with Crippen LogP contribution in [0.5, 0.6) is 0 Å². The van der Waals surface area contributed by atoms with Crippen molar-refractivity contribution in [2.24, 2.45) is 11.3 Å². The lowest BCUT2D eigenvalue weighted by Crippen LogP contribution is -2.59. The molecule has 0 spiro atoms. The van der Waals surface area contributed by atoms with E-state index in [1.54, 1.807) is 18.2 Å². The second kappa shape index (κ2) is 11.7. The smallest absolute Gasteiger partial charge is 0.232 e. The summed E-state index contributed by atoms with van der Waals surface area (Å²) in [5.41, 5.74) is 1.78. The number of halogens is 2. The van der Waals surface area contributed by atoms with Crippen LogP contribution in [0, 0.1) is 11.3 Å². The predicted molar refractivity (Wildman–Crippen MR) is 168 cm³/mol. The highest BCUT2D eigenvalue weighted by atomic mass is 35.5. The number of carbonyl (C=O) groups is 1. The molecule has 1 fully saturated rings. The number of nitrogens with zero attached hydrogens (tertiary/aromatic N) is 2. The number of allylic oxidation sites excluding steroid dienone is 1. The first-order valence-corrected chi connectivity index (χ1v) is 16.3. The molecule has 0 bridgehead atoms. The zero-order valence-electron chi connectivity index (χ0n) is 23.2. The molecule has 1 heterocycles. The average molecular weight is 610 g/mol. The zero-order chi connectivity index (χ0) is 29.4. The molecule has 1 aliphatic carbocycles. The van der Waals surface area contributed by atoms with Gasteiger partial charge in [0.2, 0.25) is 15.9 Å². The van der Waals surface area contributed by atoms with Gasteiger partial charge < -0.3 is 4.90 Å². The maximum atomic E-state index is 14.7. The van der Waals surface area contributed by atoms with Crippen LogP contribution in [0.25, 0.3) is 0 Å². The van der Waals surface area contributed by atoms with E-state index < -0.39 is 21.5 Å². The van der Waals surface area contributed by atoms with Crippen LogP contribution < -0.4 is 4.31 Å². The topological polar surface area (TPSA) is 57.7 Å². The van der Waals surface area contributed by atoms with Gasteiger partial charge in [0.25, 0.3) is 0 Å². The summed E-state index contributed by atoms with van der Waals surface area (Å²) in [6.45, 7) is 6.07. The summed E-state index contributed by atoms with van der Waals surface area (Å²) in [5, 5.41) is 1.23. The molecule has 4 atom stereocenters. The standard InChI is InChI=1S/C33H34Cl2N2O3S/c1-4-19-33(2)21-29(25-9-8-10-27(35)20-25)31(24-15-17-26(34)18-16-24)37(32(33)38)30(23-13-14-23)22-36(41(3,39)40)28-11-6-5-7-12-28/h4-18,20,23,29-31H,1,19,21-22H2,2-3H3/t29?,30-,31?,33+/m1/s1. The van der Waals surface area contributed by atoms with Crippen LogP contribution in [-0.2, 0) is 14.8 Å². The molecular formula is C33H34Cl2N2O3S. The molecule has 2 unspecified atom stereocenters. The maximum absolute atomic E-state index is 14.7. The van der Waals surface area contributed by atoms with Crippen LogP contribution in [0.1, 0.15) is 42.9 Å². The molecule has 3 aromatic carbocycles. The van der Waals surface area contributed by atoms with E-state index in [4.69, 9.17) is 23.2 Å². The van der Waals surface area contributed by atoms with Crippen molar-refractivity contribution in [1.82, 2.24) is 4.90 Å². The first kappa shape index (κ1) is 29.4. The Morgan fingerprint density at radius 1 is 1.00 bits per heavy atom. The molecule has 1 aliphatic heterocycles. The number of anilines is 1. The number of hydrogen-bond donors (Lipinski definition) is 0. The van der Waals surface area contributed by atoms with Crippen LogP contribution in [-0.4, -0.2) is 38.1 Å². The molecule has 3 aromatic rings. The van der Waals surface area contributed by atoms with Gasteiger partial charge in [-0.2, -0.15) is 0 Å². The fraction of sp³-hybridized carbons (Fsp3) is 0.303. The van der Waals surface area contributed by atoms with Gasteiger partial charge in [-0.25, -0.2) is 8.42 Å². The molecule has 214 valence electrons. The Kier molecular flexibility index (Phi) is 8.38.